The third-order valence-corrected chi connectivity index (χ3v) is 6.81. The number of amides is 2. The highest BCUT2D eigenvalue weighted by molar-refractivity contribution is 7.91. The number of carbonyl (C=O) groups is 1. The minimum Gasteiger partial charge on any atom is -0.314 e. The zero-order valence-corrected chi connectivity index (χ0v) is 14.8. The van der Waals surface area contributed by atoms with Gasteiger partial charge in [-0.05, 0) is 30.2 Å². The van der Waals surface area contributed by atoms with Crippen LogP contribution in [0.5, 0.6) is 0 Å². The summed E-state index contributed by atoms with van der Waals surface area (Å²) >= 11 is 0. The molecular formula is C19H20N2O3S. The molecule has 2 aliphatic rings. The minimum atomic E-state index is -3.14. The summed E-state index contributed by atoms with van der Waals surface area (Å²) in [6.07, 6.45) is 0. The van der Waals surface area contributed by atoms with E-state index in [1.165, 1.54) is 0 Å². The molecule has 2 aromatic rings. The van der Waals surface area contributed by atoms with Crippen LogP contribution in [0.15, 0.2) is 54.6 Å². The number of nitrogens with zero attached hydrogens (tertiary/aromatic N) is 2. The van der Waals surface area contributed by atoms with Crippen molar-refractivity contribution in [2.45, 2.75) is 25.6 Å². The molecule has 0 spiro atoms. The lowest BCUT2D eigenvalue weighted by Gasteiger charge is -2.23. The number of aryl methyl sites for hydroxylation is 1. The van der Waals surface area contributed by atoms with Crippen LogP contribution in [0.3, 0.4) is 0 Å². The van der Waals surface area contributed by atoms with Crippen molar-refractivity contribution in [3.05, 3.63) is 65.7 Å². The van der Waals surface area contributed by atoms with Crippen molar-refractivity contribution in [3.63, 3.8) is 0 Å². The second-order valence-corrected chi connectivity index (χ2v) is 8.91. The molecule has 25 heavy (non-hydrogen) atoms. The highest BCUT2D eigenvalue weighted by Gasteiger charge is 2.53. The van der Waals surface area contributed by atoms with Gasteiger partial charge in [0.25, 0.3) is 0 Å². The van der Waals surface area contributed by atoms with Crippen LogP contribution in [0.2, 0.25) is 0 Å². The van der Waals surface area contributed by atoms with Gasteiger partial charge >= 0.3 is 6.03 Å². The molecule has 2 saturated heterocycles. The number of hydrogen-bond acceptors (Lipinski definition) is 3. The smallest absolute Gasteiger partial charge is 0.314 e. The maximum Gasteiger partial charge on any atom is 0.325 e. The quantitative estimate of drug-likeness (QED) is 0.795. The maximum absolute atomic E-state index is 13.1. The van der Waals surface area contributed by atoms with Crippen LogP contribution < -0.4 is 4.90 Å². The van der Waals surface area contributed by atoms with E-state index in [1.807, 2.05) is 61.5 Å². The van der Waals surface area contributed by atoms with E-state index in [9.17, 15) is 13.2 Å². The van der Waals surface area contributed by atoms with Crippen LogP contribution in [0, 0.1) is 6.92 Å². The van der Waals surface area contributed by atoms with Crippen molar-refractivity contribution < 1.29 is 13.2 Å². The average Bonchev–Trinajstić information content (AvgIpc) is 3.01. The second-order valence-electron chi connectivity index (χ2n) is 6.75. The molecule has 0 radical (unpaired) electrons. The number of carbonyl (C=O) groups excluding carboxylic acids is 1. The van der Waals surface area contributed by atoms with Crippen LogP contribution in [-0.2, 0) is 16.4 Å². The van der Waals surface area contributed by atoms with Crippen molar-refractivity contribution >= 4 is 21.6 Å². The van der Waals surface area contributed by atoms with Crippen molar-refractivity contribution in [1.29, 1.82) is 0 Å². The molecule has 0 saturated carbocycles. The van der Waals surface area contributed by atoms with E-state index in [4.69, 9.17) is 0 Å². The lowest BCUT2D eigenvalue weighted by atomic mass is 10.1. The molecule has 0 aromatic heterocycles. The Labute approximate surface area is 147 Å². The summed E-state index contributed by atoms with van der Waals surface area (Å²) in [5.74, 6) is 0.0706. The zero-order chi connectivity index (χ0) is 17.6. The van der Waals surface area contributed by atoms with Gasteiger partial charge in [0.05, 0.1) is 23.6 Å². The van der Waals surface area contributed by atoms with Gasteiger partial charge in [-0.3, -0.25) is 4.90 Å². The van der Waals surface area contributed by atoms with Gasteiger partial charge in [-0.1, -0.05) is 42.5 Å². The molecular weight excluding hydrogens is 336 g/mol. The molecule has 2 amide bonds. The third kappa shape index (κ3) is 2.80. The van der Waals surface area contributed by atoms with E-state index in [1.54, 1.807) is 9.80 Å². The summed E-state index contributed by atoms with van der Waals surface area (Å²) in [5.41, 5.74) is 2.91. The summed E-state index contributed by atoms with van der Waals surface area (Å²) in [6.45, 7) is 2.44. The van der Waals surface area contributed by atoms with Crippen LogP contribution in [-0.4, -0.2) is 42.9 Å². The summed E-state index contributed by atoms with van der Waals surface area (Å²) in [6, 6.07) is 16.5. The van der Waals surface area contributed by atoms with E-state index >= 15 is 0 Å². The molecule has 0 N–H and O–H groups in total. The highest BCUT2D eigenvalue weighted by Crippen LogP contribution is 2.36. The number of para-hydroxylation sites is 1. The molecule has 0 aliphatic carbocycles. The lowest BCUT2D eigenvalue weighted by molar-refractivity contribution is 0.205. The molecule has 0 unspecified atom stereocenters. The van der Waals surface area contributed by atoms with Gasteiger partial charge in [0.1, 0.15) is 0 Å². The van der Waals surface area contributed by atoms with Gasteiger partial charge in [-0.2, -0.15) is 0 Å². The summed E-state index contributed by atoms with van der Waals surface area (Å²) in [7, 11) is -3.14. The predicted molar refractivity (Wildman–Crippen MR) is 97.3 cm³/mol. The van der Waals surface area contributed by atoms with Gasteiger partial charge in [-0.25, -0.2) is 13.2 Å². The molecule has 0 bridgehead atoms. The van der Waals surface area contributed by atoms with Crippen molar-refractivity contribution in [2.24, 2.45) is 0 Å². The number of fused-ring (bicyclic) bond motifs is 1. The third-order valence-electron chi connectivity index (χ3n) is 5.11. The topological polar surface area (TPSA) is 57.7 Å². The van der Waals surface area contributed by atoms with E-state index in [2.05, 4.69) is 0 Å². The fourth-order valence-corrected chi connectivity index (χ4v) is 5.77. The Kier molecular flexibility index (Phi) is 3.80. The van der Waals surface area contributed by atoms with E-state index in [0.29, 0.717) is 6.54 Å². The Balaban J connectivity index is 1.72. The first kappa shape index (κ1) is 16.1. The molecule has 2 fully saturated rings. The Hall–Kier alpha value is -2.34. The van der Waals surface area contributed by atoms with E-state index in [-0.39, 0.29) is 29.6 Å². The molecule has 130 valence electrons. The Morgan fingerprint density at radius 1 is 0.960 bits per heavy atom. The predicted octanol–water partition coefficient (Wildman–Crippen LogP) is 2.60. The van der Waals surface area contributed by atoms with E-state index in [0.717, 1.165) is 16.8 Å². The van der Waals surface area contributed by atoms with Crippen molar-refractivity contribution in [3.8, 4) is 0 Å². The molecule has 5 nitrogen and oxygen atoms in total. The number of sulfone groups is 1. The lowest BCUT2D eigenvalue weighted by Crippen LogP contribution is -2.37. The number of benzene rings is 2. The SMILES string of the molecule is Cc1ccccc1CN1C(=O)N(c2ccccc2)[C@@H]2CS(=O)(=O)C[C@H]21. The van der Waals surface area contributed by atoms with Crippen LogP contribution >= 0.6 is 0 Å². The second kappa shape index (κ2) is 5.88. The van der Waals surface area contributed by atoms with Crippen molar-refractivity contribution in [2.75, 3.05) is 16.4 Å². The normalized spacial score (nSPS) is 24.6. The number of urea groups is 1. The van der Waals surface area contributed by atoms with Gasteiger partial charge in [0.2, 0.25) is 0 Å². The Bertz CT molecular complexity index is 911. The summed E-state index contributed by atoms with van der Waals surface area (Å²) in [4.78, 5) is 16.5. The molecule has 2 aliphatic heterocycles. The van der Waals surface area contributed by atoms with Gasteiger partial charge < -0.3 is 4.90 Å². The maximum atomic E-state index is 13.1. The first-order valence-corrected chi connectivity index (χ1v) is 10.2. The average molecular weight is 356 g/mol. The van der Waals surface area contributed by atoms with Crippen LogP contribution in [0.1, 0.15) is 11.1 Å². The molecule has 4 rings (SSSR count). The van der Waals surface area contributed by atoms with Gasteiger partial charge in [-0.15, -0.1) is 0 Å². The fraction of sp³-hybridized carbons (Fsp3) is 0.316. The molecule has 2 atom stereocenters. The Morgan fingerprint density at radius 3 is 2.32 bits per heavy atom. The van der Waals surface area contributed by atoms with Crippen LogP contribution in [0.25, 0.3) is 0 Å². The number of rotatable bonds is 3. The first-order chi connectivity index (χ1) is 12.0. The highest BCUT2D eigenvalue weighted by atomic mass is 32.2. The largest absolute Gasteiger partial charge is 0.325 e. The van der Waals surface area contributed by atoms with E-state index < -0.39 is 9.84 Å². The fourth-order valence-electron chi connectivity index (χ4n) is 3.82. The van der Waals surface area contributed by atoms with Crippen LogP contribution in [0.4, 0.5) is 10.5 Å². The molecule has 2 aromatic carbocycles. The standard InChI is InChI=1S/C19H20N2O3S/c1-14-7-5-6-8-15(14)11-20-17-12-25(23,24)13-18(17)21(19(20)22)16-9-3-2-4-10-16/h2-10,17-18H,11-13H2,1H3/t17-,18-/m1/s1. The Morgan fingerprint density at radius 2 is 1.60 bits per heavy atom. The molecule has 6 heteroatoms. The zero-order valence-electron chi connectivity index (χ0n) is 14.0. The first-order valence-electron chi connectivity index (χ1n) is 8.36. The van der Waals surface area contributed by atoms with Gasteiger partial charge in [0.15, 0.2) is 9.84 Å². The minimum absolute atomic E-state index is 0.0303. The number of anilines is 1. The monoisotopic (exact) mass is 356 g/mol. The number of hydrogen-bond donors (Lipinski definition) is 0. The summed E-state index contributed by atoms with van der Waals surface area (Å²) < 4.78 is 24.5. The molecule has 2 heterocycles. The van der Waals surface area contributed by atoms with Crippen molar-refractivity contribution in [1.82, 2.24) is 4.90 Å². The summed E-state index contributed by atoms with van der Waals surface area (Å²) in [5, 5.41) is 0. The van der Waals surface area contributed by atoms with Gasteiger partial charge in [0, 0.05) is 12.2 Å².